The molecule has 0 amide bonds. The van der Waals surface area contributed by atoms with Gasteiger partial charge in [-0.05, 0) is 20.8 Å². The molecule has 0 bridgehead atoms. The SMILES string of the molecule is CCNC(=NCc1c(C)nn(C)c1C)NCCOCCS(C)(=O)=O. The lowest BCUT2D eigenvalue weighted by Gasteiger charge is -2.11. The number of nitrogens with one attached hydrogen (secondary N) is 2. The van der Waals surface area contributed by atoms with E-state index in [1.807, 2.05) is 32.5 Å². The number of hydrogen-bond acceptors (Lipinski definition) is 5. The van der Waals surface area contributed by atoms with Gasteiger partial charge in [-0.2, -0.15) is 5.10 Å². The van der Waals surface area contributed by atoms with Crippen LogP contribution in [0.15, 0.2) is 4.99 Å². The van der Waals surface area contributed by atoms with E-state index in [2.05, 4.69) is 20.7 Å². The summed E-state index contributed by atoms with van der Waals surface area (Å²) in [5.74, 6) is 0.743. The lowest BCUT2D eigenvalue weighted by Crippen LogP contribution is -2.39. The summed E-state index contributed by atoms with van der Waals surface area (Å²) in [5.41, 5.74) is 3.22. The van der Waals surface area contributed by atoms with Gasteiger partial charge in [0.2, 0.25) is 0 Å². The monoisotopic (exact) mass is 359 g/mol. The van der Waals surface area contributed by atoms with Crippen LogP contribution in [0.1, 0.15) is 23.9 Å². The molecule has 0 unspecified atom stereocenters. The Morgan fingerprint density at radius 2 is 2.00 bits per heavy atom. The van der Waals surface area contributed by atoms with Crippen LogP contribution in [0.2, 0.25) is 0 Å². The minimum absolute atomic E-state index is 0.0424. The first-order valence-corrected chi connectivity index (χ1v) is 10.1. The first kappa shape index (κ1) is 20.4. The highest BCUT2D eigenvalue weighted by Gasteiger charge is 2.09. The number of guanidine groups is 1. The molecular weight excluding hydrogens is 330 g/mol. The zero-order chi connectivity index (χ0) is 18.2. The van der Waals surface area contributed by atoms with Crippen LogP contribution in [0, 0.1) is 13.8 Å². The molecule has 1 aromatic heterocycles. The second-order valence-corrected chi connectivity index (χ2v) is 7.90. The standard InChI is InChI=1S/C15H29N5O3S/c1-6-16-15(17-7-8-23-9-10-24(5,21)22)18-11-14-12(2)19-20(4)13(14)3/h6-11H2,1-5H3,(H2,16,17,18). The molecule has 0 fully saturated rings. The van der Waals surface area contributed by atoms with Gasteiger partial charge in [0.15, 0.2) is 5.96 Å². The molecule has 138 valence electrons. The summed E-state index contributed by atoms with van der Waals surface area (Å²) in [4.78, 5) is 4.57. The van der Waals surface area contributed by atoms with Crippen LogP contribution in [-0.4, -0.2) is 62.5 Å². The van der Waals surface area contributed by atoms with E-state index in [1.165, 1.54) is 6.26 Å². The van der Waals surface area contributed by atoms with E-state index in [0.717, 1.165) is 23.5 Å². The minimum atomic E-state index is -2.97. The average molecular weight is 359 g/mol. The summed E-state index contributed by atoms with van der Waals surface area (Å²) in [6.45, 7) is 8.50. The van der Waals surface area contributed by atoms with Crippen LogP contribution in [-0.2, 0) is 28.2 Å². The number of ether oxygens (including phenoxy) is 1. The molecule has 0 aliphatic carbocycles. The molecule has 1 heterocycles. The largest absolute Gasteiger partial charge is 0.379 e. The summed E-state index contributed by atoms with van der Waals surface area (Å²) in [6, 6.07) is 0. The number of aliphatic imine (C=N–C) groups is 1. The van der Waals surface area contributed by atoms with Gasteiger partial charge in [-0.15, -0.1) is 0 Å². The van der Waals surface area contributed by atoms with Gasteiger partial charge < -0.3 is 15.4 Å². The minimum Gasteiger partial charge on any atom is -0.379 e. The normalized spacial score (nSPS) is 12.5. The van der Waals surface area contributed by atoms with Crippen molar-refractivity contribution in [2.45, 2.75) is 27.3 Å². The van der Waals surface area contributed by atoms with Crippen LogP contribution in [0.4, 0.5) is 0 Å². The molecule has 2 N–H and O–H groups in total. The highest BCUT2D eigenvalue weighted by molar-refractivity contribution is 7.90. The second-order valence-electron chi connectivity index (χ2n) is 5.64. The van der Waals surface area contributed by atoms with Crippen molar-refractivity contribution in [2.75, 3.05) is 38.3 Å². The van der Waals surface area contributed by atoms with Gasteiger partial charge >= 0.3 is 0 Å². The number of hydrogen-bond donors (Lipinski definition) is 2. The van der Waals surface area contributed by atoms with Gasteiger partial charge in [0, 0.05) is 37.7 Å². The van der Waals surface area contributed by atoms with Crippen molar-refractivity contribution in [3.05, 3.63) is 17.0 Å². The zero-order valence-electron chi connectivity index (χ0n) is 15.2. The Labute approximate surface area is 144 Å². The lowest BCUT2D eigenvalue weighted by molar-refractivity contribution is 0.154. The Bertz CT molecular complexity index is 652. The average Bonchev–Trinajstić information content (AvgIpc) is 2.72. The third-order valence-electron chi connectivity index (χ3n) is 3.54. The summed E-state index contributed by atoms with van der Waals surface area (Å²) in [7, 11) is -1.05. The fourth-order valence-corrected chi connectivity index (χ4v) is 2.52. The van der Waals surface area contributed by atoms with E-state index in [-0.39, 0.29) is 12.4 Å². The number of aromatic nitrogens is 2. The Morgan fingerprint density at radius 1 is 1.29 bits per heavy atom. The second kappa shape index (κ2) is 9.63. The van der Waals surface area contributed by atoms with Crippen LogP contribution in [0.3, 0.4) is 0 Å². The predicted octanol–water partition coefficient (Wildman–Crippen LogP) is 0.153. The van der Waals surface area contributed by atoms with Crippen LogP contribution in [0.5, 0.6) is 0 Å². The summed E-state index contributed by atoms with van der Waals surface area (Å²) < 4.78 is 29.2. The molecule has 0 saturated heterocycles. The van der Waals surface area contributed by atoms with Crippen LogP contribution < -0.4 is 10.6 Å². The fourth-order valence-electron chi connectivity index (χ4n) is 2.10. The Balaban J connectivity index is 2.45. The third-order valence-corrected chi connectivity index (χ3v) is 4.44. The first-order chi connectivity index (χ1) is 11.2. The van der Waals surface area contributed by atoms with Gasteiger partial charge in [0.25, 0.3) is 0 Å². The maximum Gasteiger partial charge on any atom is 0.191 e. The maximum absolute atomic E-state index is 11.0. The highest BCUT2D eigenvalue weighted by Crippen LogP contribution is 2.12. The number of sulfone groups is 1. The molecule has 0 radical (unpaired) electrons. The molecule has 9 heteroatoms. The lowest BCUT2D eigenvalue weighted by atomic mass is 10.2. The molecule has 8 nitrogen and oxygen atoms in total. The maximum atomic E-state index is 11.0. The van der Waals surface area contributed by atoms with Crippen molar-refractivity contribution in [1.29, 1.82) is 0 Å². The molecule has 1 aromatic rings. The van der Waals surface area contributed by atoms with Crippen LogP contribution in [0.25, 0.3) is 0 Å². The molecule has 0 aliphatic heterocycles. The van der Waals surface area contributed by atoms with Gasteiger partial charge in [-0.1, -0.05) is 0 Å². The highest BCUT2D eigenvalue weighted by atomic mass is 32.2. The summed E-state index contributed by atoms with van der Waals surface area (Å²) in [6.07, 6.45) is 1.20. The molecule has 24 heavy (non-hydrogen) atoms. The van der Waals surface area contributed by atoms with Crippen molar-refractivity contribution in [3.63, 3.8) is 0 Å². The van der Waals surface area contributed by atoms with E-state index in [1.54, 1.807) is 0 Å². The molecular formula is C15H29N5O3S. The van der Waals surface area contributed by atoms with Crippen molar-refractivity contribution < 1.29 is 13.2 Å². The Morgan fingerprint density at radius 3 is 2.54 bits per heavy atom. The van der Waals surface area contributed by atoms with E-state index in [0.29, 0.717) is 25.7 Å². The molecule has 0 aromatic carbocycles. The predicted molar refractivity (Wildman–Crippen MR) is 96.0 cm³/mol. The van der Waals surface area contributed by atoms with E-state index < -0.39 is 9.84 Å². The molecule has 0 spiro atoms. The van der Waals surface area contributed by atoms with Crippen molar-refractivity contribution >= 4 is 15.8 Å². The van der Waals surface area contributed by atoms with Crippen LogP contribution >= 0.6 is 0 Å². The van der Waals surface area contributed by atoms with E-state index >= 15 is 0 Å². The van der Waals surface area contributed by atoms with E-state index in [9.17, 15) is 8.42 Å². The molecule has 0 aliphatic rings. The molecule has 0 saturated carbocycles. The van der Waals surface area contributed by atoms with Gasteiger partial charge in [-0.25, -0.2) is 13.4 Å². The van der Waals surface area contributed by atoms with Gasteiger partial charge in [0.1, 0.15) is 9.84 Å². The van der Waals surface area contributed by atoms with E-state index in [4.69, 9.17) is 4.74 Å². The molecule has 1 rings (SSSR count). The third kappa shape index (κ3) is 7.31. The molecule has 0 atom stereocenters. The van der Waals surface area contributed by atoms with Gasteiger partial charge in [-0.3, -0.25) is 4.68 Å². The quantitative estimate of drug-likeness (QED) is 0.370. The summed E-state index contributed by atoms with van der Waals surface area (Å²) in [5, 5.41) is 10.7. The Hall–Kier alpha value is -1.61. The summed E-state index contributed by atoms with van der Waals surface area (Å²) >= 11 is 0. The number of rotatable bonds is 9. The van der Waals surface area contributed by atoms with Crippen molar-refractivity contribution in [2.24, 2.45) is 12.0 Å². The topological polar surface area (TPSA) is 97.6 Å². The van der Waals surface area contributed by atoms with Gasteiger partial charge in [0.05, 0.1) is 31.2 Å². The number of aryl methyl sites for hydroxylation is 2. The van der Waals surface area contributed by atoms with Crippen molar-refractivity contribution in [1.82, 2.24) is 20.4 Å². The Kier molecular flexibility index (Phi) is 8.20. The first-order valence-electron chi connectivity index (χ1n) is 8.01. The number of nitrogens with zero attached hydrogens (tertiary/aromatic N) is 3. The zero-order valence-corrected chi connectivity index (χ0v) is 16.0. The fraction of sp³-hybridized carbons (Fsp3) is 0.733. The van der Waals surface area contributed by atoms with Crippen molar-refractivity contribution in [3.8, 4) is 0 Å². The smallest absolute Gasteiger partial charge is 0.191 e.